The van der Waals surface area contributed by atoms with Crippen molar-refractivity contribution < 1.29 is 19.3 Å². The first kappa shape index (κ1) is 13.7. The lowest BCUT2D eigenvalue weighted by Gasteiger charge is -2.27. The van der Waals surface area contributed by atoms with Crippen molar-refractivity contribution in [3.8, 4) is 0 Å². The van der Waals surface area contributed by atoms with Gasteiger partial charge in [0.2, 0.25) is 0 Å². The van der Waals surface area contributed by atoms with Crippen molar-refractivity contribution in [1.29, 1.82) is 0 Å². The lowest BCUT2D eigenvalue weighted by Crippen LogP contribution is -2.39. The van der Waals surface area contributed by atoms with E-state index in [1.165, 1.54) is 0 Å². The maximum atomic E-state index is 10.1. The van der Waals surface area contributed by atoms with Gasteiger partial charge in [-0.3, -0.25) is 0 Å². The second-order valence-corrected chi connectivity index (χ2v) is 6.05. The highest BCUT2D eigenvalue weighted by molar-refractivity contribution is 14.1. The molecule has 2 aliphatic heterocycles. The van der Waals surface area contributed by atoms with Crippen LogP contribution < -0.4 is 0 Å². The Morgan fingerprint density at radius 1 is 1.47 bits per heavy atom. The molecule has 5 atom stereocenters. The van der Waals surface area contributed by atoms with Gasteiger partial charge in [-0.15, -0.1) is 5.10 Å². The third kappa shape index (κ3) is 2.40. The van der Waals surface area contributed by atoms with Gasteiger partial charge in [0.05, 0.1) is 12.3 Å². The number of hydrogen-bond donors (Lipinski definition) is 1. The fraction of sp³-hybridized carbons (Fsp3) is 0.818. The van der Waals surface area contributed by atoms with Crippen LogP contribution in [0, 0.1) is 0 Å². The largest absolute Gasteiger partial charge is 0.390 e. The number of hydrogen-bond acceptors (Lipinski definition) is 6. The molecule has 0 bridgehead atoms. The van der Waals surface area contributed by atoms with E-state index in [1.807, 2.05) is 13.8 Å². The lowest BCUT2D eigenvalue weighted by atomic mass is 10.0. The summed E-state index contributed by atoms with van der Waals surface area (Å²) in [5.41, 5.74) is 0. The molecule has 2 fully saturated rings. The quantitative estimate of drug-likeness (QED) is 0.607. The number of alkyl halides is 1. The molecule has 1 aromatic heterocycles. The van der Waals surface area contributed by atoms with Crippen LogP contribution in [-0.2, 0) is 14.2 Å². The van der Waals surface area contributed by atoms with E-state index in [-0.39, 0.29) is 12.1 Å². The Morgan fingerprint density at radius 3 is 2.89 bits per heavy atom. The maximum Gasteiger partial charge on any atom is 0.189 e. The third-order valence-corrected chi connectivity index (χ3v) is 4.24. The Balaban J connectivity index is 1.90. The Morgan fingerprint density at radius 2 is 2.26 bits per heavy atom. The van der Waals surface area contributed by atoms with Crippen molar-refractivity contribution in [2.45, 2.75) is 50.3 Å². The van der Waals surface area contributed by atoms with Gasteiger partial charge in [0, 0.05) is 10.6 Å². The molecule has 1 aromatic rings. The van der Waals surface area contributed by atoms with E-state index in [2.05, 4.69) is 32.9 Å². The highest BCUT2D eigenvalue weighted by Gasteiger charge is 2.57. The normalized spacial score (nSPS) is 38.3. The van der Waals surface area contributed by atoms with Crippen LogP contribution in [0.1, 0.15) is 19.9 Å². The lowest BCUT2D eigenvalue weighted by molar-refractivity contribution is -0.218. The van der Waals surface area contributed by atoms with Crippen LogP contribution in [0.4, 0.5) is 0 Å². The number of ether oxygens (including phenoxy) is 3. The van der Waals surface area contributed by atoms with Gasteiger partial charge in [0.15, 0.2) is 12.1 Å². The first-order valence-electron chi connectivity index (χ1n) is 6.13. The van der Waals surface area contributed by atoms with Crippen molar-refractivity contribution >= 4 is 22.6 Å². The van der Waals surface area contributed by atoms with Crippen molar-refractivity contribution in [3.05, 3.63) is 12.4 Å². The molecule has 0 amide bonds. The molecule has 0 unspecified atom stereocenters. The van der Waals surface area contributed by atoms with E-state index >= 15 is 0 Å². The molecule has 0 aliphatic carbocycles. The number of fused-ring (bicyclic) bond motifs is 1. The molecule has 0 aromatic carbocycles. The molecule has 106 valence electrons. The minimum absolute atomic E-state index is 0.237. The second-order valence-electron chi connectivity index (χ2n) is 5.16. The molecule has 0 spiro atoms. The summed E-state index contributed by atoms with van der Waals surface area (Å²) in [7, 11) is 0. The van der Waals surface area contributed by atoms with Crippen LogP contribution in [0.3, 0.4) is 0 Å². The predicted molar refractivity (Wildman–Crippen MR) is 72.7 cm³/mol. The van der Waals surface area contributed by atoms with Crippen LogP contribution in [0.25, 0.3) is 0 Å². The van der Waals surface area contributed by atoms with Crippen LogP contribution in [0.5, 0.6) is 0 Å². The average Bonchev–Trinajstić information content (AvgIpc) is 3.01. The number of aliphatic hydroxyl groups excluding tert-OH is 1. The molecule has 19 heavy (non-hydrogen) atoms. The van der Waals surface area contributed by atoms with Gasteiger partial charge in [-0.1, -0.05) is 27.8 Å². The van der Waals surface area contributed by atoms with Crippen molar-refractivity contribution in [2.75, 3.05) is 4.43 Å². The van der Waals surface area contributed by atoms with E-state index < -0.39 is 24.3 Å². The maximum absolute atomic E-state index is 10.1. The highest BCUT2D eigenvalue weighted by atomic mass is 127. The zero-order chi connectivity index (χ0) is 13.6. The molecule has 2 saturated heterocycles. The van der Waals surface area contributed by atoms with Gasteiger partial charge in [0.1, 0.15) is 18.2 Å². The Kier molecular flexibility index (Phi) is 3.54. The highest BCUT2D eigenvalue weighted by Crippen LogP contribution is 2.43. The summed E-state index contributed by atoms with van der Waals surface area (Å²) in [4.78, 5) is 0. The summed E-state index contributed by atoms with van der Waals surface area (Å²) in [6.07, 6.45) is 1.56. The molecular formula is C11H16IN3O4. The predicted octanol–water partition coefficient (Wildman–Crippen LogP) is 0.491. The SMILES string of the molecule is CC1(C)O[C@H]2O[C@H]([C@H](O)CI)[C@H](n3ccnn3)[C@H]2O1. The summed E-state index contributed by atoms with van der Waals surface area (Å²) in [6.45, 7) is 3.69. The first-order valence-corrected chi connectivity index (χ1v) is 7.65. The molecule has 8 heteroatoms. The molecule has 3 rings (SSSR count). The van der Waals surface area contributed by atoms with Gasteiger partial charge in [0.25, 0.3) is 0 Å². The monoisotopic (exact) mass is 381 g/mol. The van der Waals surface area contributed by atoms with Crippen molar-refractivity contribution in [1.82, 2.24) is 15.0 Å². The zero-order valence-corrected chi connectivity index (χ0v) is 12.8. The van der Waals surface area contributed by atoms with E-state index in [0.717, 1.165) is 0 Å². The third-order valence-electron chi connectivity index (χ3n) is 3.34. The summed E-state index contributed by atoms with van der Waals surface area (Å²) in [6, 6.07) is -0.237. The van der Waals surface area contributed by atoms with Crippen LogP contribution >= 0.6 is 22.6 Å². The summed E-state index contributed by atoms with van der Waals surface area (Å²) >= 11 is 2.13. The number of aliphatic hydroxyl groups is 1. The molecular weight excluding hydrogens is 365 g/mol. The minimum atomic E-state index is -0.686. The Hall–Kier alpha value is -0.290. The smallest absolute Gasteiger partial charge is 0.189 e. The topological polar surface area (TPSA) is 78.6 Å². The molecule has 2 aliphatic rings. The zero-order valence-electron chi connectivity index (χ0n) is 10.6. The van der Waals surface area contributed by atoms with Gasteiger partial charge < -0.3 is 19.3 Å². The second kappa shape index (κ2) is 4.92. The van der Waals surface area contributed by atoms with Crippen molar-refractivity contribution in [2.24, 2.45) is 0 Å². The fourth-order valence-electron chi connectivity index (χ4n) is 2.60. The number of rotatable bonds is 3. The van der Waals surface area contributed by atoms with Gasteiger partial charge in [-0.25, -0.2) is 4.68 Å². The van der Waals surface area contributed by atoms with Crippen molar-refractivity contribution in [3.63, 3.8) is 0 Å². The van der Waals surface area contributed by atoms with Crippen LogP contribution in [0.2, 0.25) is 0 Å². The number of aromatic nitrogens is 3. The van der Waals surface area contributed by atoms with E-state index in [4.69, 9.17) is 14.2 Å². The van der Waals surface area contributed by atoms with Gasteiger partial charge >= 0.3 is 0 Å². The minimum Gasteiger partial charge on any atom is -0.390 e. The van der Waals surface area contributed by atoms with Gasteiger partial charge in [-0.05, 0) is 13.8 Å². The molecule has 0 saturated carbocycles. The average molecular weight is 381 g/mol. The van der Waals surface area contributed by atoms with Gasteiger partial charge in [-0.2, -0.15) is 0 Å². The standard InChI is InChI=1S/C11H16IN3O4/c1-11(2)18-9-7(15-4-3-13-14-15)8(6(16)5-12)17-10(9)19-11/h3-4,6-10,16H,5H2,1-2H3/t6-,7+,8-,9-,10-/m1/s1. The summed E-state index contributed by atoms with van der Waals surface area (Å²) in [5.74, 6) is -0.686. The Bertz CT molecular complexity index is 441. The first-order chi connectivity index (χ1) is 9.02. The van der Waals surface area contributed by atoms with E-state index in [0.29, 0.717) is 4.43 Å². The van der Waals surface area contributed by atoms with E-state index in [9.17, 15) is 5.11 Å². The van der Waals surface area contributed by atoms with Crippen LogP contribution in [-0.4, -0.2) is 54.9 Å². The molecule has 7 nitrogen and oxygen atoms in total. The Labute approximate surface area is 124 Å². The fourth-order valence-corrected chi connectivity index (χ4v) is 3.10. The molecule has 0 radical (unpaired) electrons. The summed E-state index contributed by atoms with van der Waals surface area (Å²) < 4.78 is 19.7. The number of nitrogens with zero attached hydrogens (tertiary/aromatic N) is 3. The van der Waals surface area contributed by atoms with Crippen LogP contribution in [0.15, 0.2) is 12.4 Å². The molecule has 3 heterocycles. The number of halogens is 1. The molecule has 1 N–H and O–H groups in total. The summed E-state index contributed by atoms with van der Waals surface area (Å²) in [5, 5.41) is 17.9. The van der Waals surface area contributed by atoms with E-state index in [1.54, 1.807) is 17.1 Å².